The molecule has 7 nitrogen and oxygen atoms in total. The van der Waals surface area contributed by atoms with E-state index in [0.717, 1.165) is 58.2 Å². The zero-order valence-corrected chi connectivity index (χ0v) is 20.4. The topological polar surface area (TPSA) is 118 Å². The molecule has 0 aliphatic carbocycles. The molecular formula is C23H51N5O2. The Morgan fingerprint density at radius 3 is 1.97 bits per heavy atom. The van der Waals surface area contributed by atoms with E-state index in [2.05, 4.69) is 29.4 Å². The third-order valence-electron chi connectivity index (χ3n) is 4.93. The zero-order chi connectivity index (χ0) is 23.0. The Morgan fingerprint density at radius 1 is 0.933 bits per heavy atom. The fourth-order valence-electron chi connectivity index (χ4n) is 3.37. The van der Waals surface area contributed by atoms with Crippen LogP contribution in [0.5, 0.6) is 0 Å². The third-order valence-corrected chi connectivity index (χ3v) is 4.93. The highest BCUT2D eigenvalue weighted by Crippen LogP contribution is 2.12. The Kier molecular flexibility index (Phi) is 15.4. The number of hydrogen-bond donors (Lipinski definition) is 6. The van der Waals surface area contributed by atoms with Gasteiger partial charge in [-0.15, -0.1) is 0 Å². The molecule has 0 fully saturated rings. The van der Waals surface area contributed by atoms with Crippen molar-refractivity contribution in [2.24, 2.45) is 5.73 Å². The summed E-state index contributed by atoms with van der Waals surface area (Å²) in [6, 6.07) is 0. The molecule has 0 amide bonds. The van der Waals surface area contributed by atoms with Crippen LogP contribution in [0.15, 0.2) is 0 Å². The van der Waals surface area contributed by atoms with Crippen molar-refractivity contribution in [2.45, 2.75) is 110 Å². The molecule has 7 N–H and O–H groups in total. The van der Waals surface area contributed by atoms with Gasteiger partial charge in [-0.25, -0.2) is 0 Å². The van der Waals surface area contributed by atoms with Crippen molar-refractivity contribution in [3.63, 3.8) is 0 Å². The largest absolute Gasteiger partial charge is 0.394 e. The summed E-state index contributed by atoms with van der Waals surface area (Å²) in [4.78, 5) is 2.29. The zero-order valence-electron chi connectivity index (χ0n) is 20.4. The fourth-order valence-corrected chi connectivity index (χ4v) is 3.37. The van der Waals surface area contributed by atoms with Crippen LogP contribution in [0.25, 0.3) is 0 Å². The maximum absolute atomic E-state index is 9.82. The SMILES string of the molecule is CC(C)(N)CCCCCCN(CCCCCCNC(=N)NC(C)(C)C)CC(O)CO. The van der Waals surface area contributed by atoms with Crippen LogP contribution in [-0.2, 0) is 0 Å². The first-order valence-electron chi connectivity index (χ1n) is 11.8. The summed E-state index contributed by atoms with van der Waals surface area (Å²) >= 11 is 0. The van der Waals surface area contributed by atoms with Gasteiger partial charge >= 0.3 is 0 Å². The average molecular weight is 430 g/mol. The minimum atomic E-state index is -0.659. The van der Waals surface area contributed by atoms with Gasteiger partial charge in [0.15, 0.2) is 5.96 Å². The molecule has 7 heteroatoms. The molecule has 0 heterocycles. The van der Waals surface area contributed by atoms with E-state index < -0.39 is 6.10 Å². The van der Waals surface area contributed by atoms with Gasteiger partial charge in [0.25, 0.3) is 0 Å². The lowest BCUT2D eigenvalue weighted by Gasteiger charge is -2.24. The predicted molar refractivity (Wildman–Crippen MR) is 128 cm³/mol. The molecule has 0 aliphatic heterocycles. The van der Waals surface area contributed by atoms with E-state index in [1.54, 1.807) is 0 Å². The number of nitrogens with zero attached hydrogens (tertiary/aromatic N) is 1. The maximum atomic E-state index is 9.82. The molecule has 0 spiro atoms. The molecule has 0 aromatic rings. The lowest BCUT2D eigenvalue weighted by molar-refractivity contribution is 0.0579. The number of aliphatic hydroxyl groups is 2. The smallest absolute Gasteiger partial charge is 0.188 e. The van der Waals surface area contributed by atoms with E-state index in [1.165, 1.54) is 19.3 Å². The molecule has 0 bridgehead atoms. The molecule has 0 aromatic heterocycles. The Bertz CT molecular complexity index is 432. The number of nitrogens with two attached hydrogens (primary N) is 1. The van der Waals surface area contributed by atoms with Gasteiger partial charge in [-0.05, 0) is 73.4 Å². The molecule has 0 rings (SSSR count). The molecule has 1 atom stereocenters. The Balaban J connectivity index is 3.91. The van der Waals surface area contributed by atoms with Gasteiger partial charge in [0, 0.05) is 24.2 Å². The number of nitrogens with one attached hydrogen (secondary N) is 3. The van der Waals surface area contributed by atoms with Crippen LogP contribution in [-0.4, -0.2) is 71.0 Å². The first-order chi connectivity index (χ1) is 13.9. The van der Waals surface area contributed by atoms with Crippen LogP contribution < -0.4 is 16.4 Å². The molecule has 1 unspecified atom stereocenters. The molecule has 180 valence electrons. The number of hydrogen-bond acceptors (Lipinski definition) is 5. The summed E-state index contributed by atoms with van der Waals surface area (Å²) in [5, 5.41) is 33.1. The first kappa shape index (κ1) is 29.1. The van der Waals surface area contributed by atoms with Gasteiger partial charge in [-0.2, -0.15) is 0 Å². The highest BCUT2D eigenvalue weighted by molar-refractivity contribution is 5.77. The van der Waals surface area contributed by atoms with Crippen LogP contribution in [0, 0.1) is 5.41 Å². The van der Waals surface area contributed by atoms with Crippen LogP contribution >= 0.6 is 0 Å². The molecule has 30 heavy (non-hydrogen) atoms. The number of rotatable bonds is 17. The van der Waals surface area contributed by atoms with Gasteiger partial charge in [0.05, 0.1) is 12.7 Å². The molecule has 0 saturated carbocycles. The summed E-state index contributed by atoms with van der Waals surface area (Å²) in [6.45, 7) is 13.4. The van der Waals surface area contributed by atoms with Gasteiger partial charge in [-0.3, -0.25) is 5.41 Å². The fraction of sp³-hybridized carbons (Fsp3) is 0.957. The van der Waals surface area contributed by atoms with Crippen LogP contribution in [0.4, 0.5) is 0 Å². The molecular weight excluding hydrogens is 378 g/mol. The molecule has 0 radical (unpaired) electrons. The summed E-state index contributed by atoms with van der Waals surface area (Å²) in [7, 11) is 0. The summed E-state index contributed by atoms with van der Waals surface area (Å²) in [5.74, 6) is 0.390. The quantitative estimate of drug-likeness (QED) is 0.120. The standard InChI is InChI=1S/C23H51N5O2/c1-22(2,3)27-21(24)26-15-11-7-9-13-17-28(18-20(30)19-29)16-12-8-6-10-14-23(4,5)25/h20,29-30H,6-19,25H2,1-5H3,(H3,24,26,27). The monoisotopic (exact) mass is 429 g/mol. The Morgan fingerprint density at radius 2 is 1.47 bits per heavy atom. The Hall–Kier alpha value is -0.890. The van der Waals surface area contributed by atoms with E-state index in [1.807, 2.05) is 20.8 Å². The second-order valence-electron chi connectivity index (χ2n) is 10.4. The highest BCUT2D eigenvalue weighted by atomic mass is 16.3. The molecule has 0 aliphatic rings. The minimum Gasteiger partial charge on any atom is -0.394 e. The van der Waals surface area contributed by atoms with Crippen molar-refractivity contribution in [1.82, 2.24) is 15.5 Å². The van der Waals surface area contributed by atoms with E-state index in [0.29, 0.717) is 12.5 Å². The lowest BCUT2D eigenvalue weighted by Crippen LogP contribution is -2.47. The van der Waals surface area contributed by atoms with Crippen LogP contribution in [0.3, 0.4) is 0 Å². The number of guanidine groups is 1. The molecule has 0 saturated heterocycles. The third kappa shape index (κ3) is 20.4. The van der Waals surface area contributed by atoms with Gasteiger partial charge < -0.3 is 31.5 Å². The van der Waals surface area contributed by atoms with Crippen molar-refractivity contribution in [3.05, 3.63) is 0 Å². The minimum absolute atomic E-state index is 0.0733. The summed E-state index contributed by atoms with van der Waals surface area (Å²) < 4.78 is 0. The Labute approximate surface area is 185 Å². The number of unbranched alkanes of at least 4 members (excludes halogenated alkanes) is 6. The van der Waals surface area contributed by atoms with Crippen molar-refractivity contribution in [1.29, 1.82) is 5.41 Å². The molecule has 0 aromatic carbocycles. The summed E-state index contributed by atoms with van der Waals surface area (Å²) in [5.41, 5.74) is 5.87. The van der Waals surface area contributed by atoms with Crippen molar-refractivity contribution in [2.75, 3.05) is 32.8 Å². The van der Waals surface area contributed by atoms with Crippen LogP contribution in [0.1, 0.15) is 92.4 Å². The van der Waals surface area contributed by atoms with Gasteiger partial charge in [0.1, 0.15) is 0 Å². The second kappa shape index (κ2) is 15.8. The van der Waals surface area contributed by atoms with Gasteiger partial charge in [0.2, 0.25) is 0 Å². The normalized spacial score (nSPS) is 13.5. The van der Waals surface area contributed by atoms with E-state index in [4.69, 9.17) is 16.2 Å². The lowest BCUT2D eigenvalue weighted by atomic mass is 9.98. The van der Waals surface area contributed by atoms with Crippen molar-refractivity contribution >= 4 is 5.96 Å². The predicted octanol–water partition coefficient (Wildman–Crippen LogP) is 2.80. The van der Waals surface area contributed by atoms with E-state index >= 15 is 0 Å². The van der Waals surface area contributed by atoms with Gasteiger partial charge in [-0.1, -0.05) is 32.1 Å². The average Bonchev–Trinajstić information content (AvgIpc) is 2.60. The summed E-state index contributed by atoms with van der Waals surface area (Å²) in [6.07, 6.45) is 9.47. The van der Waals surface area contributed by atoms with E-state index in [9.17, 15) is 5.11 Å². The van der Waals surface area contributed by atoms with Crippen molar-refractivity contribution < 1.29 is 10.2 Å². The maximum Gasteiger partial charge on any atom is 0.188 e. The first-order valence-corrected chi connectivity index (χ1v) is 11.8. The highest BCUT2D eigenvalue weighted by Gasteiger charge is 2.12. The van der Waals surface area contributed by atoms with E-state index in [-0.39, 0.29) is 17.7 Å². The number of aliphatic hydroxyl groups excluding tert-OH is 2. The van der Waals surface area contributed by atoms with Crippen molar-refractivity contribution in [3.8, 4) is 0 Å². The second-order valence-corrected chi connectivity index (χ2v) is 10.4. The van der Waals surface area contributed by atoms with Crippen LogP contribution in [0.2, 0.25) is 0 Å².